The van der Waals surface area contributed by atoms with Gasteiger partial charge in [0.25, 0.3) is 0 Å². The summed E-state index contributed by atoms with van der Waals surface area (Å²) in [6.45, 7) is 5.62. The van der Waals surface area contributed by atoms with Crippen molar-refractivity contribution in [3.63, 3.8) is 0 Å². The van der Waals surface area contributed by atoms with Gasteiger partial charge in [0.2, 0.25) is 0 Å². The normalized spacial score (nSPS) is 17.4. The Morgan fingerprint density at radius 1 is 1.21 bits per heavy atom. The highest BCUT2D eigenvalue weighted by molar-refractivity contribution is 5.72. The summed E-state index contributed by atoms with van der Waals surface area (Å²) >= 11 is 0. The van der Waals surface area contributed by atoms with E-state index in [0.29, 0.717) is 22.8 Å². The van der Waals surface area contributed by atoms with E-state index in [0.717, 1.165) is 5.56 Å². The van der Waals surface area contributed by atoms with Crippen LogP contribution in [-0.4, -0.2) is 24.9 Å². The highest BCUT2D eigenvalue weighted by atomic mass is 16.5. The molecule has 0 fully saturated rings. The average Bonchev–Trinajstić information content (AvgIpc) is 2.34. The summed E-state index contributed by atoms with van der Waals surface area (Å²) in [6.07, 6.45) is 3.25. The van der Waals surface area contributed by atoms with Crippen molar-refractivity contribution in [2.75, 3.05) is 14.2 Å². The van der Waals surface area contributed by atoms with E-state index in [4.69, 9.17) is 14.2 Å². The Bertz CT molecular complexity index is 515. The van der Waals surface area contributed by atoms with Crippen LogP contribution < -0.4 is 14.2 Å². The summed E-state index contributed by atoms with van der Waals surface area (Å²) in [5, 5.41) is 10.0. The van der Waals surface area contributed by atoms with Crippen LogP contribution in [0.3, 0.4) is 0 Å². The number of benzene rings is 1. The molecule has 0 radical (unpaired) electrons. The van der Waals surface area contributed by atoms with Gasteiger partial charge in [-0.2, -0.15) is 0 Å². The molecular weight excluding hydrogens is 244 g/mol. The molecule has 1 aliphatic heterocycles. The van der Waals surface area contributed by atoms with Crippen molar-refractivity contribution in [1.29, 1.82) is 0 Å². The van der Waals surface area contributed by atoms with Crippen molar-refractivity contribution in [3.05, 3.63) is 23.3 Å². The number of fused-ring (bicyclic) bond motifs is 1. The van der Waals surface area contributed by atoms with Gasteiger partial charge in [0.05, 0.1) is 31.5 Å². The Kier molecular flexibility index (Phi) is 3.45. The first-order valence-corrected chi connectivity index (χ1v) is 6.25. The molecule has 0 spiro atoms. The molecule has 0 saturated heterocycles. The molecule has 104 valence electrons. The third kappa shape index (κ3) is 2.40. The predicted molar refractivity (Wildman–Crippen MR) is 73.9 cm³/mol. The SMILES string of the molecule is COc1cc(OC)c(C(C)O)c2c1C=CC(C)(C)O2. The van der Waals surface area contributed by atoms with Crippen molar-refractivity contribution in [1.82, 2.24) is 0 Å². The molecule has 0 amide bonds. The fourth-order valence-electron chi connectivity index (χ4n) is 2.23. The number of hydrogen-bond donors (Lipinski definition) is 1. The van der Waals surface area contributed by atoms with Crippen LogP contribution >= 0.6 is 0 Å². The molecule has 4 nitrogen and oxygen atoms in total. The summed E-state index contributed by atoms with van der Waals surface area (Å²) in [7, 11) is 3.17. The number of rotatable bonds is 3. The van der Waals surface area contributed by atoms with Crippen molar-refractivity contribution < 1.29 is 19.3 Å². The van der Waals surface area contributed by atoms with Crippen LogP contribution in [-0.2, 0) is 0 Å². The Morgan fingerprint density at radius 3 is 2.37 bits per heavy atom. The van der Waals surface area contributed by atoms with E-state index < -0.39 is 11.7 Å². The molecule has 1 atom stereocenters. The minimum atomic E-state index is -0.683. The van der Waals surface area contributed by atoms with E-state index in [2.05, 4.69) is 0 Å². The molecular formula is C15H20O4. The fourth-order valence-corrected chi connectivity index (χ4v) is 2.23. The van der Waals surface area contributed by atoms with Crippen molar-refractivity contribution in [2.45, 2.75) is 32.5 Å². The van der Waals surface area contributed by atoms with Gasteiger partial charge >= 0.3 is 0 Å². The number of aliphatic hydroxyl groups is 1. The molecule has 2 rings (SSSR count). The topological polar surface area (TPSA) is 47.9 Å². The van der Waals surface area contributed by atoms with Gasteiger partial charge in [0.15, 0.2) is 0 Å². The second-order valence-corrected chi connectivity index (χ2v) is 5.15. The van der Waals surface area contributed by atoms with E-state index in [1.54, 1.807) is 27.2 Å². The summed E-state index contributed by atoms with van der Waals surface area (Å²) in [6, 6.07) is 1.77. The van der Waals surface area contributed by atoms with E-state index in [1.807, 2.05) is 26.0 Å². The highest BCUT2D eigenvalue weighted by Gasteiger charge is 2.30. The lowest BCUT2D eigenvalue weighted by Crippen LogP contribution is -2.28. The number of hydrogen-bond acceptors (Lipinski definition) is 4. The maximum Gasteiger partial charge on any atom is 0.141 e. The Morgan fingerprint density at radius 2 is 1.84 bits per heavy atom. The number of ether oxygens (including phenoxy) is 3. The molecule has 19 heavy (non-hydrogen) atoms. The molecule has 0 saturated carbocycles. The zero-order valence-corrected chi connectivity index (χ0v) is 12.0. The van der Waals surface area contributed by atoms with Crippen LogP contribution in [0.15, 0.2) is 12.1 Å². The Labute approximate surface area is 113 Å². The first kappa shape index (κ1) is 13.7. The van der Waals surface area contributed by atoms with Crippen molar-refractivity contribution >= 4 is 6.08 Å². The summed E-state index contributed by atoms with van der Waals surface area (Å²) in [5.41, 5.74) is 1.06. The Hall–Kier alpha value is -1.68. The van der Waals surface area contributed by atoms with Gasteiger partial charge in [-0.3, -0.25) is 0 Å². The molecule has 1 aliphatic rings. The van der Waals surface area contributed by atoms with E-state index in [9.17, 15) is 5.11 Å². The molecule has 1 N–H and O–H groups in total. The van der Waals surface area contributed by atoms with Crippen LogP contribution in [0, 0.1) is 0 Å². The fraction of sp³-hybridized carbons (Fsp3) is 0.467. The maximum atomic E-state index is 10.0. The second kappa shape index (κ2) is 4.78. The lowest BCUT2D eigenvalue weighted by molar-refractivity contribution is 0.140. The maximum absolute atomic E-state index is 10.0. The van der Waals surface area contributed by atoms with Gasteiger partial charge in [0.1, 0.15) is 22.8 Å². The summed E-state index contributed by atoms with van der Waals surface area (Å²) in [4.78, 5) is 0. The lowest BCUT2D eigenvalue weighted by atomic mass is 9.96. The van der Waals surface area contributed by atoms with E-state index in [1.165, 1.54) is 0 Å². The second-order valence-electron chi connectivity index (χ2n) is 5.15. The minimum absolute atomic E-state index is 0.423. The first-order chi connectivity index (χ1) is 8.89. The van der Waals surface area contributed by atoms with Gasteiger partial charge < -0.3 is 19.3 Å². The van der Waals surface area contributed by atoms with Crippen LogP contribution in [0.1, 0.15) is 38.0 Å². The zero-order chi connectivity index (χ0) is 14.2. The van der Waals surface area contributed by atoms with Crippen molar-refractivity contribution in [2.24, 2.45) is 0 Å². The van der Waals surface area contributed by atoms with Gasteiger partial charge in [-0.25, -0.2) is 0 Å². The number of aliphatic hydroxyl groups excluding tert-OH is 1. The molecule has 1 unspecified atom stereocenters. The van der Waals surface area contributed by atoms with Crippen molar-refractivity contribution in [3.8, 4) is 17.2 Å². The van der Waals surface area contributed by atoms with Crippen LogP contribution in [0.25, 0.3) is 6.08 Å². The van der Waals surface area contributed by atoms with Crippen LogP contribution in [0.2, 0.25) is 0 Å². The van der Waals surface area contributed by atoms with Gasteiger partial charge in [-0.1, -0.05) is 0 Å². The highest BCUT2D eigenvalue weighted by Crippen LogP contribution is 2.46. The monoisotopic (exact) mass is 264 g/mol. The molecule has 1 aromatic rings. The van der Waals surface area contributed by atoms with Gasteiger partial charge in [-0.15, -0.1) is 0 Å². The zero-order valence-electron chi connectivity index (χ0n) is 12.0. The largest absolute Gasteiger partial charge is 0.496 e. The molecule has 0 aromatic heterocycles. The minimum Gasteiger partial charge on any atom is -0.496 e. The molecule has 4 heteroatoms. The van der Waals surface area contributed by atoms with Crippen LogP contribution in [0.5, 0.6) is 17.2 Å². The first-order valence-electron chi connectivity index (χ1n) is 6.25. The smallest absolute Gasteiger partial charge is 0.141 e. The number of methoxy groups -OCH3 is 2. The van der Waals surface area contributed by atoms with Gasteiger partial charge in [0, 0.05) is 6.07 Å². The molecule has 1 heterocycles. The summed E-state index contributed by atoms with van der Waals surface area (Å²) < 4.78 is 16.7. The predicted octanol–water partition coefficient (Wildman–Crippen LogP) is 2.94. The molecule has 0 aliphatic carbocycles. The Balaban J connectivity index is 2.72. The molecule has 0 bridgehead atoms. The van der Waals surface area contributed by atoms with E-state index in [-0.39, 0.29) is 0 Å². The standard InChI is InChI=1S/C15H20O4/c1-9(16)13-12(18-5)8-11(17-4)10-6-7-15(2,3)19-14(10)13/h6-9,16H,1-5H3. The quantitative estimate of drug-likeness (QED) is 0.911. The lowest BCUT2D eigenvalue weighted by Gasteiger charge is -2.31. The average molecular weight is 264 g/mol. The third-order valence-electron chi connectivity index (χ3n) is 3.16. The third-order valence-corrected chi connectivity index (χ3v) is 3.16. The molecule has 1 aromatic carbocycles. The van der Waals surface area contributed by atoms with Gasteiger partial charge in [-0.05, 0) is 32.9 Å². The van der Waals surface area contributed by atoms with Crippen LogP contribution in [0.4, 0.5) is 0 Å². The summed E-state index contributed by atoms with van der Waals surface area (Å²) in [5.74, 6) is 1.86. The van der Waals surface area contributed by atoms with E-state index >= 15 is 0 Å².